The second-order valence-electron chi connectivity index (χ2n) is 6.97. The van der Waals surface area contributed by atoms with E-state index < -0.39 is 0 Å². The number of pyridine rings is 1. The average Bonchev–Trinajstić information content (AvgIpc) is 2.68. The Morgan fingerprint density at radius 1 is 1.29 bits per heavy atom. The van der Waals surface area contributed by atoms with E-state index in [0.29, 0.717) is 22.7 Å². The maximum atomic E-state index is 12.4. The Balaban J connectivity index is 1.60. The molecule has 2 amide bonds. The van der Waals surface area contributed by atoms with E-state index in [0.717, 1.165) is 38.2 Å². The van der Waals surface area contributed by atoms with Gasteiger partial charge in [0.2, 0.25) is 5.91 Å². The van der Waals surface area contributed by atoms with Crippen LogP contribution >= 0.6 is 11.6 Å². The molecule has 2 N–H and O–H groups in total. The van der Waals surface area contributed by atoms with Gasteiger partial charge in [-0.1, -0.05) is 24.6 Å². The van der Waals surface area contributed by atoms with Crippen LogP contribution in [0.15, 0.2) is 42.6 Å². The highest BCUT2D eigenvalue weighted by atomic mass is 35.5. The number of nitrogens with one attached hydrogen (secondary N) is 2. The predicted octanol–water partition coefficient (Wildman–Crippen LogP) is 3.87. The molecule has 3 rings (SSSR count). The number of hydrogen-bond acceptors (Lipinski definition) is 4. The first-order chi connectivity index (χ1) is 13.5. The van der Waals surface area contributed by atoms with E-state index in [1.54, 1.807) is 36.5 Å². The zero-order valence-corrected chi connectivity index (χ0v) is 16.7. The number of carbonyl (C=O) groups is 2. The molecule has 1 aromatic heterocycles. The Morgan fingerprint density at radius 2 is 2.14 bits per heavy atom. The largest absolute Gasteiger partial charge is 0.355 e. The van der Waals surface area contributed by atoms with Gasteiger partial charge in [-0.15, -0.1) is 0 Å². The average molecular weight is 401 g/mol. The molecule has 2 heterocycles. The third kappa shape index (κ3) is 5.45. The van der Waals surface area contributed by atoms with Gasteiger partial charge in [-0.05, 0) is 49.6 Å². The Labute approximate surface area is 170 Å². The van der Waals surface area contributed by atoms with Crippen molar-refractivity contribution in [3.05, 3.63) is 53.2 Å². The van der Waals surface area contributed by atoms with Crippen molar-refractivity contribution in [1.82, 2.24) is 10.3 Å². The number of nitrogens with zero attached hydrogens (tertiary/aromatic N) is 2. The first-order valence-corrected chi connectivity index (χ1v) is 10.00. The van der Waals surface area contributed by atoms with E-state index in [9.17, 15) is 9.59 Å². The van der Waals surface area contributed by atoms with E-state index in [1.807, 2.05) is 13.0 Å². The van der Waals surface area contributed by atoms with Crippen molar-refractivity contribution in [3.8, 4) is 0 Å². The third-order valence-corrected chi connectivity index (χ3v) is 4.92. The smallest absolute Gasteiger partial charge is 0.257 e. The topological polar surface area (TPSA) is 74.3 Å². The third-order valence-electron chi connectivity index (χ3n) is 4.68. The van der Waals surface area contributed by atoms with Crippen LogP contribution in [-0.2, 0) is 4.79 Å². The number of amides is 2. The van der Waals surface area contributed by atoms with Gasteiger partial charge in [-0.2, -0.15) is 0 Å². The monoisotopic (exact) mass is 400 g/mol. The molecule has 1 unspecified atom stereocenters. The van der Waals surface area contributed by atoms with Gasteiger partial charge in [0.05, 0.1) is 5.56 Å². The van der Waals surface area contributed by atoms with Gasteiger partial charge in [-0.3, -0.25) is 9.59 Å². The van der Waals surface area contributed by atoms with Crippen molar-refractivity contribution < 1.29 is 9.59 Å². The van der Waals surface area contributed by atoms with E-state index in [1.165, 1.54) is 0 Å². The lowest BCUT2D eigenvalue weighted by molar-refractivity contribution is -0.121. The number of hydrogen-bond donors (Lipinski definition) is 2. The summed E-state index contributed by atoms with van der Waals surface area (Å²) >= 11 is 5.95. The Morgan fingerprint density at radius 3 is 2.86 bits per heavy atom. The molecular weight excluding hydrogens is 376 g/mol. The highest BCUT2D eigenvalue weighted by Crippen LogP contribution is 2.19. The lowest BCUT2D eigenvalue weighted by Gasteiger charge is -2.34. The van der Waals surface area contributed by atoms with Crippen molar-refractivity contribution in [3.63, 3.8) is 0 Å². The SMILES string of the molecule is CCCC(=O)NC1CCCN(c2ccc(C(=O)Nc3cccc(Cl)c3)cn2)C1. The van der Waals surface area contributed by atoms with Gasteiger partial charge in [0, 0.05) is 42.5 Å². The van der Waals surface area contributed by atoms with Crippen LogP contribution in [0.4, 0.5) is 11.5 Å². The zero-order chi connectivity index (χ0) is 19.9. The molecule has 2 aromatic rings. The summed E-state index contributed by atoms with van der Waals surface area (Å²) in [5.41, 5.74) is 1.12. The standard InChI is InChI=1S/C21H25ClN4O2/c1-2-5-20(27)24-18-8-4-11-26(14-18)19-10-9-15(13-23-19)21(28)25-17-7-3-6-16(22)12-17/h3,6-7,9-10,12-13,18H,2,4-5,8,11,14H2,1H3,(H,24,27)(H,25,28). The Hall–Kier alpha value is -2.60. The lowest BCUT2D eigenvalue weighted by Crippen LogP contribution is -2.48. The summed E-state index contributed by atoms with van der Waals surface area (Å²) in [6.07, 6.45) is 4.96. The maximum absolute atomic E-state index is 12.4. The molecule has 1 aliphatic rings. The Bertz CT molecular complexity index is 825. The minimum absolute atomic E-state index is 0.107. The fourth-order valence-electron chi connectivity index (χ4n) is 3.31. The van der Waals surface area contributed by atoms with Crippen LogP contribution in [0.3, 0.4) is 0 Å². The van der Waals surface area contributed by atoms with Gasteiger partial charge in [0.1, 0.15) is 5.82 Å². The van der Waals surface area contributed by atoms with E-state index in [-0.39, 0.29) is 17.9 Å². The molecule has 0 spiro atoms. The van der Waals surface area contributed by atoms with Crippen LogP contribution in [0.1, 0.15) is 43.0 Å². The van der Waals surface area contributed by atoms with Crippen LogP contribution in [0.25, 0.3) is 0 Å². The van der Waals surface area contributed by atoms with Gasteiger partial charge in [0.25, 0.3) is 5.91 Å². The van der Waals surface area contributed by atoms with E-state index in [2.05, 4.69) is 20.5 Å². The number of halogens is 1. The first kappa shape index (κ1) is 20.1. The van der Waals surface area contributed by atoms with Crippen LogP contribution in [0, 0.1) is 0 Å². The van der Waals surface area contributed by atoms with Crippen molar-refractivity contribution in [1.29, 1.82) is 0 Å². The van der Waals surface area contributed by atoms with Crippen LogP contribution in [0.5, 0.6) is 0 Å². The fraction of sp³-hybridized carbons (Fsp3) is 0.381. The first-order valence-electron chi connectivity index (χ1n) is 9.62. The second kappa shape index (κ2) is 9.55. The lowest BCUT2D eigenvalue weighted by atomic mass is 10.1. The maximum Gasteiger partial charge on any atom is 0.257 e. The molecule has 7 heteroatoms. The second-order valence-corrected chi connectivity index (χ2v) is 7.41. The van der Waals surface area contributed by atoms with E-state index in [4.69, 9.17) is 11.6 Å². The summed E-state index contributed by atoms with van der Waals surface area (Å²) in [5, 5.41) is 6.48. The summed E-state index contributed by atoms with van der Waals surface area (Å²) in [4.78, 5) is 30.9. The Kier molecular flexibility index (Phi) is 6.87. The van der Waals surface area contributed by atoms with Gasteiger partial charge >= 0.3 is 0 Å². The van der Waals surface area contributed by atoms with Crippen LogP contribution in [-0.4, -0.2) is 35.9 Å². The molecule has 0 bridgehead atoms. The molecule has 6 nitrogen and oxygen atoms in total. The van der Waals surface area contributed by atoms with Gasteiger partial charge < -0.3 is 15.5 Å². The molecule has 0 aliphatic carbocycles. The summed E-state index contributed by atoms with van der Waals surface area (Å²) < 4.78 is 0. The summed E-state index contributed by atoms with van der Waals surface area (Å²) in [5.74, 6) is 0.689. The number of anilines is 2. The molecule has 1 aliphatic heterocycles. The van der Waals surface area contributed by atoms with Crippen LogP contribution in [0.2, 0.25) is 5.02 Å². The van der Waals surface area contributed by atoms with Crippen molar-refractivity contribution in [2.75, 3.05) is 23.3 Å². The normalized spacial score (nSPS) is 16.5. The van der Waals surface area contributed by atoms with Crippen LogP contribution < -0.4 is 15.5 Å². The zero-order valence-electron chi connectivity index (χ0n) is 16.0. The molecule has 1 saturated heterocycles. The van der Waals surface area contributed by atoms with Gasteiger partial charge in [-0.25, -0.2) is 4.98 Å². The molecule has 1 aromatic carbocycles. The number of aromatic nitrogens is 1. The number of piperidine rings is 1. The highest BCUT2D eigenvalue weighted by molar-refractivity contribution is 6.30. The molecule has 1 atom stereocenters. The molecular formula is C21H25ClN4O2. The minimum atomic E-state index is -0.232. The molecule has 1 fully saturated rings. The molecule has 0 radical (unpaired) electrons. The highest BCUT2D eigenvalue weighted by Gasteiger charge is 2.22. The predicted molar refractivity (Wildman–Crippen MR) is 112 cm³/mol. The van der Waals surface area contributed by atoms with Gasteiger partial charge in [0.15, 0.2) is 0 Å². The molecule has 148 valence electrons. The molecule has 0 saturated carbocycles. The van der Waals surface area contributed by atoms with Crippen molar-refractivity contribution in [2.45, 2.75) is 38.6 Å². The number of benzene rings is 1. The van der Waals surface area contributed by atoms with E-state index >= 15 is 0 Å². The summed E-state index contributed by atoms with van der Waals surface area (Å²) in [6.45, 7) is 3.62. The fourth-order valence-corrected chi connectivity index (χ4v) is 3.50. The number of carbonyl (C=O) groups excluding carboxylic acids is 2. The minimum Gasteiger partial charge on any atom is -0.355 e. The number of rotatable bonds is 6. The van der Waals surface area contributed by atoms with Crippen molar-refractivity contribution in [2.24, 2.45) is 0 Å². The molecule has 28 heavy (non-hydrogen) atoms. The summed E-state index contributed by atoms with van der Waals surface area (Å²) in [6, 6.07) is 10.8. The van der Waals surface area contributed by atoms with Crippen molar-refractivity contribution >= 4 is 34.9 Å². The quantitative estimate of drug-likeness (QED) is 0.771. The summed E-state index contributed by atoms with van der Waals surface area (Å²) in [7, 11) is 0.